The summed E-state index contributed by atoms with van der Waals surface area (Å²) in [4.78, 5) is 25.4. The Morgan fingerprint density at radius 1 is 1.33 bits per heavy atom. The molecular formula is C10H9ClN4O3. The molecule has 0 aliphatic heterocycles. The van der Waals surface area contributed by atoms with Gasteiger partial charge in [0.15, 0.2) is 5.78 Å². The first kappa shape index (κ1) is 13.8. The van der Waals surface area contributed by atoms with E-state index in [0.717, 1.165) is 0 Å². The fourth-order valence-electron chi connectivity index (χ4n) is 1.32. The lowest BCUT2D eigenvalue weighted by Crippen LogP contribution is -2.10. The van der Waals surface area contributed by atoms with Gasteiger partial charge in [-0.05, 0) is 12.1 Å². The van der Waals surface area contributed by atoms with Crippen molar-refractivity contribution in [1.82, 2.24) is 14.8 Å². The molecule has 0 radical (unpaired) electrons. The number of halogens is 1. The Labute approximate surface area is 108 Å². The van der Waals surface area contributed by atoms with Crippen LogP contribution in [0.5, 0.6) is 0 Å². The largest absolute Gasteiger partial charge is 0.292 e. The molecule has 0 saturated carbocycles. The molecule has 0 aliphatic rings. The van der Waals surface area contributed by atoms with Crippen LogP contribution >= 0.6 is 12.4 Å². The number of carbonyl (C=O) groups is 1. The number of non-ortho nitro benzene ring substituents is 1. The summed E-state index contributed by atoms with van der Waals surface area (Å²) in [6.07, 6.45) is 2.77. The molecule has 0 unspecified atom stereocenters. The summed E-state index contributed by atoms with van der Waals surface area (Å²) in [6.45, 7) is 0.0673. The maximum Gasteiger partial charge on any atom is 0.269 e. The number of nitrogens with zero attached hydrogens (tertiary/aromatic N) is 4. The van der Waals surface area contributed by atoms with E-state index >= 15 is 0 Å². The van der Waals surface area contributed by atoms with Crippen molar-refractivity contribution in [2.45, 2.75) is 6.54 Å². The van der Waals surface area contributed by atoms with Gasteiger partial charge in [-0.1, -0.05) is 0 Å². The predicted octanol–water partition coefficient (Wildman–Crippen LogP) is 1.49. The van der Waals surface area contributed by atoms with Crippen molar-refractivity contribution in [1.29, 1.82) is 0 Å². The van der Waals surface area contributed by atoms with E-state index in [2.05, 4.69) is 10.1 Å². The van der Waals surface area contributed by atoms with Gasteiger partial charge in [0, 0.05) is 17.7 Å². The van der Waals surface area contributed by atoms with Crippen molar-refractivity contribution in [3.05, 3.63) is 52.6 Å². The molecule has 0 spiro atoms. The van der Waals surface area contributed by atoms with Gasteiger partial charge in [-0.2, -0.15) is 5.10 Å². The molecule has 0 bridgehead atoms. The number of nitro benzene ring substituents is 1. The molecule has 94 valence electrons. The maximum absolute atomic E-state index is 11.7. The van der Waals surface area contributed by atoms with Crippen molar-refractivity contribution in [2.75, 3.05) is 0 Å². The first-order valence-electron chi connectivity index (χ1n) is 4.77. The van der Waals surface area contributed by atoms with Crippen LogP contribution in [0.1, 0.15) is 10.4 Å². The second-order valence-electron chi connectivity index (χ2n) is 3.32. The highest BCUT2D eigenvalue weighted by atomic mass is 35.5. The van der Waals surface area contributed by atoms with Gasteiger partial charge in [0.05, 0.1) is 4.92 Å². The molecule has 18 heavy (non-hydrogen) atoms. The zero-order valence-corrected chi connectivity index (χ0v) is 9.91. The highest BCUT2D eigenvalue weighted by Gasteiger charge is 2.10. The van der Waals surface area contributed by atoms with Gasteiger partial charge in [0.1, 0.15) is 19.2 Å². The summed E-state index contributed by atoms with van der Waals surface area (Å²) >= 11 is 0. The second-order valence-corrected chi connectivity index (χ2v) is 3.32. The average Bonchev–Trinajstić information content (AvgIpc) is 2.82. The second kappa shape index (κ2) is 5.87. The van der Waals surface area contributed by atoms with E-state index in [1.54, 1.807) is 0 Å². The fourth-order valence-corrected chi connectivity index (χ4v) is 1.32. The Hall–Kier alpha value is -2.28. The summed E-state index contributed by atoms with van der Waals surface area (Å²) in [5, 5.41) is 14.2. The Bertz CT molecular complexity index is 539. The van der Waals surface area contributed by atoms with Crippen molar-refractivity contribution in [3.8, 4) is 0 Å². The minimum atomic E-state index is -0.508. The number of rotatable bonds is 4. The molecule has 8 heteroatoms. The Morgan fingerprint density at radius 3 is 2.50 bits per heavy atom. The van der Waals surface area contributed by atoms with Crippen LogP contribution in [-0.2, 0) is 6.54 Å². The van der Waals surface area contributed by atoms with Crippen molar-refractivity contribution in [2.24, 2.45) is 0 Å². The molecule has 2 rings (SSSR count). The molecule has 0 saturated heterocycles. The standard InChI is InChI=1S/C10H8N4O3.ClH/c15-10(5-13-7-11-6-12-13)8-1-3-9(4-2-8)14(16)17;/h1-4,6-7H,5H2;1H. The maximum atomic E-state index is 11.7. The molecule has 0 aliphatic carbocycles. The smallest absolute Gasteiger partial charge is 0.269 e. The van der Waals surface area contributed by atoms with Gasteiger partial charge in [-0.15, -0.1) is 12.4 Å². The van der Waals surface area contributed by atoms with Crippen LogP contribution in [0.2, 0.25) is 0 Å². The molecule has 0 fully saturated rings. The van der Waals surface area contributed by atoms with E-state index in [1.165, 1.54) is 41.6 Å². The van der Waals surface area contributed by atoms with Gasteiger partial charge in [0.25, 0.3) is 5.69 Å². The molecule has 7 nitrogen and oxygen atoms in total. The SMILES string of the molecule is Cl.O=C(Cn1cncn1)c1ccc([N+](=O)[O-])cc1. The highest BCUT2D eigenvalue weighted by molar-refractivity contribution is 5.96. The first-order valence-corrected chi connectivity index (χ1v) is 4.77. The molecule has 1 aromatic heterocycles. The molecule has 2 aromatic rings. The lowest BCUT2D eigenvalue weighted by atomic mass is 10.1. The minimum Gasteiger partial charge on any atom is -0.292 e. The average molecular weight is 269 g/mol. The van der Waals surface area contributed by atoms with E-state index in [9.17, 15) is 14.9 Å². The van der Waals surface area contributed by atoms with Crippen LogP contribution in [0.15, 0.2) is 36.9 Å². The lowest BCUT2D eigenvalue weighted by molar-refractivity contribution is -0.384. The van der Waals surface area contributed by atoms with Gasteiger partial charge in [-0.25, -0.2) is 9.67 Å². The zero-order chi connectivity index (χ0) is 12.3. The Balaban J connectivity index is 0.00000162. The zero-order valence-electron chi connectivity index (χ0n) is 9.09. The number of aromatic nitrogens is 3. The number of ketones is 1. The van der Waals surface area contributed by atoms with Gasteiger partial charge < -0.3 is 0 Å². The first-order chi connectivity index (χ1) is 8.16. The topological polar surface area (TPSA) is 90.9 Å². The normalized spacial score (nSPS) is 9.56. The monoisotopic (exact) mass is 268 g/mol. The van der Waals surface area contributed by atoms with E-state index < -0.39 is 4.92 Å². The van der Waals surface area contributed by atoms with E-state index in [-0.39, 0.29) is 30.4 Å². The van der Waals surface area contributed by atoms with Gasteiger partial charge in [0.2, 0.25) is 0 Å². The molecular weight excluding hydrogens is 260 g/mol. The van der Waals surface area contributed by atoms with Gasteiger partial charge in [-0.3, -0.25) is 14.9 Å². The third-order valence-electron chi connectivity index (χ3n) is 2.17. The van der Waals surface area contributed by atoms with Crippen LogP contribution < -0.4 is 0 Å². The Morgan fingerprint density at radius 2 is 2.00 bits per heavy atom. The van der Waals surface area contributed by atoms with Crippen LogP contribution in [-0.4, -0.2) is 25.5 Å². The number of nitro groups is 1. The molecule has 0 atom stereocenters. The minimum absolute atomic E-state index is 0. The van der Waals surface area contributed by atoms with Crippen molar-refractivity contribution in [3.63, 3.8) is 0 Å². The summed E-state index contributed by atoms with van der Waals surface area (Å²) < 4.78 is 1.39. The van der Waals surface area contributed by atoms with Crippen LogP contribution in [0, 0.1) is 10.1 Å². The highest BCUT2D eigenvalue weighted by Crippen LogP contribution is 2.12. The number of hydrogen-bond donors (Lipinski definition) is 0. The summed E-state index contributed by atoms with van der Waals surface area (Å²) in [6, 6.07) is 5.46. The van der Waals surface area contributed by atoms with Crippen molar-refractivity contribution < 1.29 is 9.72 Å². The summed E-state index contributed by atoms with van der Waals surface area (Å²) in [5.74, 6) is -0.176. The fraction of sp³-hybridized carbons (Fsp3) is 0.100. The van der Waals surface area contributed by atoms with E-state index in [0.29, 0.717) is 5.56 Å². The van der Waals surface area contributed by atoms with Crippen LogP contribution in [0.25, 0.3) is 0 Å². The van der Waals surface area contributed by atoms with Crippen molar-refractivity contribution >= 4 is 23.9 Å². The third-order valence-corrected chi connectivity index (χ3v) is 2.17. The predicted molar refractivity (Wildman–Crippen MR) is 64.7 cm³/mol. The summed E-state index contributed by atoms with van der Waals surface area (Å²) in [5.41, 5.74) is 0.369. The third kappa shape index (κ3) is 3.11. The van der Waals surface area contributed by atoms with Crippen LogP contribution in [0.4, 0.5) is 5.69 Å². The van der Waals surface area contributed by atoms with E-state index in [1.807, 2.05) is 0 Å². The number of carbonyl (C=O) groups excluding carboxylic acids is 1. The number of Topliss-reactive ketones (excluding diaryl/α,β-unsaturated/α-hetero) is 1. The van der Waals surface area contributed by atoms with E-state index in [4.69, 9.17) is 0 Å². The molecule has 0 amide bonds. The molecule has 0 N–H and O–H groups in total. The Kier molecular flexibility index (Phi) is 4.50. The summed E-state index contributed by atoms with van der Waals surface area (Å²) in [7, 11) is 0. The molecule has 1 aromatic carbocycles. The quantitative estimate of drug-likeness (QED) is 0.476. The van der Waals surface area contributed by atoms with Crippen LogP contribution in [0.3, 0.4) is 0 Å². The van der Waals surface area contributed by atoms with Gasteiger partial charge >= 0.3 is 0 Å². The molecule has 1 heterocycles. The lowest BCUT2D eigenvalue weighted by Gasteiger charge is -2.00. The number of hydrogen-bond acceptors (Lipinski definition) is 5. The number of benzene rings is 1.